The number of aromatic nitrogens is 1. The molecule has 0 fully saturated rings. The zero-order chi connectivity index (χ0) is 32.4. The summed E-state index contributed by atoms with van der Waals surface area (Å²) in [6.07, 6.45) is 6.67. The Morgan fingerprint density at radius 2 is 1.72 bits per heavy atom. The minimum atomic E-state index is -0.894. The number of rotatable bonds is 10. The van der Waals surface area contributed by atoms with Gasteiger partial charge in [-0.25, -0.2) is 14.6 Å². The number of unbranched alkanes of at least 4 members (excludes halogenated alkanes) is 4. The lowest BCUT2D eigenvalue weighted by Gasteiger charge is -2.24. The van der Waals surface area contributed by atoms with Crippen molar-refractivity contribution in [3.05, 3.63) is 115 Å². The third-order valence-corrected chi connectivity index (χ3v) is 9.22. The molecule has 2 aliphatic heterocycles. The van der Waals surface area contributed by atoms with E-state index in [-0.39, 0.29) is 27.5 Å². The van der Waals surface area contributed by atoms with Crippen molar-refractivity contribution in [2.75, 3.05) is 18.6 Å². The maximum absolute atomic E-state index is 14.4. The molecule has 0 radical (unpaired) electrons. The van der Waals surface area contributed by atoms with Gasteiger partial charge < -0.3 is 18.8 Å². The molecule has 236 valence electrons. The van der Waals surface area contributed by atoms with Gasteiger partial charge in [0, 0.05) is 12.1 Å². The lowest BCUT2D eigenvalue weighted by atomic mass is 9.96. The van der Waals surface area contributed by atoms with E-state index in [0.717, 1.165) is 49.1 Å². The number of furan rings is 1. The van der Waals surface area contributed by atoms with Crippen molar-refractivity contribution in [1.82, 2.24) is 4.57 Å². The van der Waals surface area contributed by atoms with Crippen molar-refractivity contribution in [2.45, 2.75) is 52.0 Å². The summed E-state index contributed by atoms with van der Waals surface area (Å²) in [5.41, 5.74) is 2.55. The lowest BCUT2D eigenvalue weighted by molar-refractivity contribution is -0.136. The molecule has 1 unspecified atom stereocenters. The number of para-hydroxylation sites is 1. The summed E-state index contributed by atoms with van der Waals surface area (Å²) >= 11 is 1.13. The zero-order valence-corrected chi connectivity index (χ0v) is 26.6. The Morgan fingerprint density at radius 3 is 2.43 bits per heavy atom. The van der Waals surface area contributed by atoms with E-state index < -0.39 is 23.5 Å². The van der Waals surface area contributed by atoms with Gasteiger partial charge in [-0.2, -0.15) is 0 Å². The Balaban J connectivity index is 1.43. The quantitative estimate of drug-likeness (QED) is 0.137. The molecule has 4 heterocycles. The van der Waals surface area contributed by atoms with Crippen LogP contribution in [-0.2, 0) is 14.3 Å². The Labute approximate surface area is 268 Å². The summed E-state index contributed by atoms with van der Waals surface area (Å²) < 4.78 is 17.3. The average molecular weight is 640 g/mol. The van der Waals surface area contributed by atoms with Crippen LogP contribution in [0.5, 0.6) is 5.75 Å². The minimum Gasteiger partial charge on any atom is -0.466 e. The fourth-order valence-electron chi connectivity index (χ4n) is 5.92. The Morgan fingerprint density at radius 1 is 0.957 bits per heavy atom. The molecule has 46 heavy (non-hydrogen) atoms. The summed E-state index contributed by atoms with van der Waals surface area (Å²) in [4.78, 5) is 60.6. The highest BCUT2D eigenvalue weighted by Crippen LogP contribution is 2.36. The first kappa shape index (κ1) is 31.0. The third-order valence-electron chi connectivity index (χ3n) is 8.17. The maximum Gasteiger partial charge on any atom is 0.379 e. The van der Waals surface area contributed by atoms with Crippen molar-refractivity contribution in [3.63, 3.8) is 0 Å². The molecule has 2 aromatic carbocycles. The van der Waals surface area contributed by atoms with Gasteiger partial charge in [0.05, 0.1) is 41.9 Å². The topological polar surface area (TPSA) is 120 Å². The van der Waals surface area contributed by atoms with E-state index in [0.29, 0.717) is 33.7 Å². The van der Waals surface area contributed by atoms with Crippen molar-refractivity contribution in [1.29, 1.82) is 0 Å². The van der Waals surface area contributed by atoms with Gasteiger partial charge in [0.15, 0.2) is 4.80 Å². The van der Waals surface area contributed by atoms with Gasteiger partial charge in [-0.3, -0.25) is 14.2 Å². The van der Waals surface area contributed by atoms with Gasteiger partial charge in [-0.15, -0.1) is 0 Å². The lowest BCUT2D eigenvalue weighted by Crippen LogP contribution is -2.41. The summed E-state index contributed by atoms with van der Waals surface area (Å²) in [5, 5.41) is 0. The SMILES string of the molecule is CCCCCCCN1C(=O)/C(=c2\sc3n(c2=O)C(c2ccc(OC(=O)c4ccco4)cc2)C(C(=O)OC)=C(C)N=3)c2ccccc21. The molecule has 6 rings (SSSR count). The predicted molar refractivity (Wildman–Crippen MR) is 172 cm³/mol. The summed E-state index contributed by atoms with van der Waals surface area (Å²) in [5.74, 6) is -1.20. The van der Waals surface area contributed by atoms with E-state index in [4.69, 9.17) is 13.9 Å². The van der Waals surface area contributed by atoms with Crippen LogP contribution in [0.15, 0.2) is 92.4 Å². The van der Waals surface area contributed by atoms with Crippen LogP contribution in [0.4, 0.5) is 5.69 Å². The Hall–Kier alpha value is -5.03. The Bertz CT molecular complexity index is 2020. The second kappa shape index (κ2) is 13.1. The van der Waals surface area contributed by atoms with Crippen molar-refractivity contribution >= 4 is 40.4 Å². The smallest absolute Gasteiger partial charge is 0.379 e. The first-order valence-corrected chi connectivity index (χ1v) is 16.1. The number of anilines is 1. The van der Waals surface area contributed by atoms with Crippen LogP contribution in [0.1, 0.15) is 73.7 Å². The molecule has 10 nitrogen and oxygen atoms in total. The molecule has 0 bridgehead atoms. The Kier molecular flexibility index (Phi) is 8.85. The van der Waals surface area contributed by atoms with Gasteiger partial charge in [0.25, 0.3) is 11.5 Å². The number of amides is 1. The molecule has 0 spiro atoms. The van der Waals surface area contributed by atoms with Gasteiger partial charge in [0.2, 0.25) is 5.76 Å². The number of hydrogen-bond donors (Lipinski definition) is 0. The number of carbonyl (C=O) groups is 3. The van der Waals surface area contributed by atoms with Crippen LogP contribution in [0.25, 0.3) is 5.57 Å². The van der Waals surface area contributed by atoms with E-state index in [1.807, 2.05) is 24.3 Å². The van der Waals surface area contributed by atoms with Crippen LogP contribution in [-0.4, -0.2) is 36.1 Å². The van der Waals surface area contributed by atoms with Crippen LogP contribution in [0, 0.1) is 0 Å². The van der Waals surface area contributed by atoms with Crippen LogP contribution in [0.2, 0.25) is 0 Å². The van der Waals surface area contributed by atoms with Gasteiger partial charge in [-0.1, -0.05) is 74.3 Å². The van der Waals surface area contributed by atoms with E-state index in [2.05, 4.69) is 11.9 Å². The number of methoxy groups -OCH3 is 1. The van der Waals surface area contributed by atoms with Crippen molar-refractivity contribution in [2.24, 2.45) is 4.99 Å². The number of fused-ring (bicyclic) bond motifs is 2. The number of carbonyl (C=O) groups excluding carboxylic acids is 3. The third kappa shape index (κ3) is 5.62. The van der Waals surface area contributed by atoms with Crippen LogP contribution in [0.3, 0.4) is 0 Å². The highest BCUT2D eigenvalue weighted by atomic mass is 32.1. The molecule has 0 saturated heterocycles. The standard InChI is InChI=1S/C35H33N3O7S/c1-4-5-6-7-10-19-37-25-13-9-8-12-24(25)28(31(37)39)30-32(40)38-29(27(34(42)43-3)21(2)36-35(38)46-30)22-15-17-23(18-16-22)45-33(41)26-14-11-20-44-26/h8-9,11-18,20,29H,4-7,10,19H2,1-3H3/b30-28-. The molecule has 0 saturated carbocycles. The molecule has 0 N–H and O–H groups in total. The molecule has 0 aliphatic carbocycles. The second-order valence-electron chi connectivity index (χ2n) is 11.1. The molecule has 2 aliphatic rings. The summed E-state index contributed by atoms with van der Waals surface area (Å²) in [7, 11) is 1.27. The molecular formula is C35H33N3O7S. The fourth-order valence-corrected chi connectivity index (χ4v) is 7.06. The molecule has 11 heteroatoms. The monoisotopic (exact) mass is 639 g/mol. The summed E-state index contributed by atoms with van der Waals surface area (Å²) in [6, 6.07) is 16.2. The van der Waals surface area contributed by atoms with Crippen LogP contribution >= 0.6 is 11.3 Å². The number of esters is 2. The molecule has 1 atom stereocenters. The number of thiazole rings is 1. The maximum atomic E-state index is 14.4. The number of ether oxygens (including phenoxy) is 2. The van der Waals surface area contributed by atoms with Gasteiger partial charge >= 0.3 is 11.9 Å². The molecule has 1 amide bonds. The van der Waals surface area contributed by atoms with Gasteiger partial charge in [-0.05, 0) is 49.2 Å². The largest absolute Gasteiger partial charge is 0.466 e. The first-order valence-electron chi connectivity index (χ1n) is 15.2. The zero-order valence-electron chi connectivity index (χ0n) is 25.8. The highest BCUT2D eigenvalue weighted by molar-refractivity contribution is 7.07. The van der Waals surface area contributed by atoms with E-state index in [1.54, 1.807) is 42.2 Å². The molecule has 2 aromatic heterocycles. The van der Waals surface area contributed by atoms with Crippen molar-refractivity contribution < 1.29 is 28.3 Å². The average Bonchev–Trinajstić information content (AvgIpc) is 3.78. The van der Waals surface area contributed by atoms with Crippen molar-refractivity contribution in [3.8, 4) is 5.75 Å². The number of benzene rings is 2. The van der Waals surface area contributed by atoms with E-state index >= 15 is 0 Å². The number of hydrogen-bond acceptors (Lipinski definition) is 9. The number of allylic oxidation sites excluding steroid dienone is 1. The first-order chi connectivity index (χ1) is 22.3. The minimum absolute atomic E-state index is 0.0575. The molecule has 4 aromatic rings. The highest BCUT2D eigenvalue weighted by Gasteiger charge is 2.37. The number of nitrogens with zero attached hydrogens (tertiary/aromatic N) is 3. The van der Waals surface area contributed by atoms with E-state index in [9.17, 15) is 19.2 Å². The second-order valence-corrected chi connectivity index (χ2v) is 12.1. The normalized spacial score (nSPS) is 16.6. The van der Waals surface area contributed by atoms with E-state index in [1.165, 1.54) is 24.0 Å². The summed E-state index contributed by atoms with van der Waals surface area (Å²) in [6.45, 7) is 4.42. The molecular weight excluding hydrogens is 606 g/mol. The predicted octanol–water partition coefficient (Wildman–Crippen LogP) is 4.91. The van der Waals surface area contributed by atoms with Crippen LogP contribution < -0.4 is 24.5 Å². The fraction of sp³-hybridized carbons (Fsp3) is 0.286. The van der Waals surface area contributed by atoms with Gasteiger partial charge in [0.1, 0.15) is 10.3 Å².